The summed E-state index contributed by atoms with van der Waals surface area (Å²) >= 11 is 0. The molecule has 1 amide bonds. The summed E-state index contributed by atoms with van der Waals surface area (Å²) in [6.07, 6.45) is -4.71. The monoisotopic (exact) mass is 290 g/mol. The molecular weight excluding hydrogens is 273 g/mol. The van der Waals surface area contributed by atoms with Gasteiger partial charge in [-0.05, 0) is 31.5 Å². The zero-order valence-electron chi connectivity index (χ0n) is 11.5. The van der Waals surface area contributed by atoms with Crippen molar-refractivity contribution in [3.63, 3.8) is 0 Å². The highest BCUT2D eigenvalue weighted by Crippen LogP contribution is 2.23. The Morgan fingerprint density at radius 3 is 2.15 bits per heavy atom. The highest BCUT2D eigenvalue weighted by atomic mass is 19.4. The summed E-state index contributed by atoms with van der Waals surface area (Å²) in [4.78, 5) is 13.3. The van der Waals surface area contributed by atoms with Crippen LogP contribution in [0.25, 0.3) is 0 Å². The number of alkyl halides is 3. The van der Waals surface area contributed by atoms with Gasteiger partial charge in [-0.2, -0.15) is 0 Å². The molecular formula is C13H17F3N2O2. The molecule has 0 radical (unpaired) electrons. The summed E-state index contributed by atoms with van der Waals surface area (Å²) in [6, 6.07) is 5.34. The molecule has 1 aromatic carbocycles. The normalized spacial score (nSPS) is 12.2. The summed E-state index contributed by atoms with van der Waals surface area (Å²) in [5, 5.41) is 0. The third-order valence-corrected chi connectivity index (χ3v) is 2.47. The lowest BCUT2D eigenvalue weighted by Gasteiger charge is -2.26. The van der Waals surface area contributed by atoms with Gasteiger partial charge in [-0.15, -0.1) is 13.2 Å². The number of nitrogens with zero attached hydrogens (tertiary/aromatic N) is 1. The Balaban J connectivity index is 2.69. The van der Waals surface area contributed by atoms with Crippen molar-refractivity contribution in [1.29, 1.82) is 0 Å². The molecule has 4 nitrogen and oxygen atoms in total. The summed E-state index contributed by atoms with van der Waals surface area (Å²) in [5.41, 5.74) is 5.38. The Labute approximate surface area is 115 Å². The number of hydrogen-bond donors (Lipinski definition) is 1. The summed E-state index contributed by atoms with van der Waals surface area (Å²) in [6.45, 7) is 3.43. The SMILES string of the molecule is CN(Cc1ccc(OC(F)(F)F)cc1)C(=O)C(C)(C)N. The van der Waals surface area contributed by atoms with E-state index in [2.05, 4.69) is 4.74 Å². The molecule has 0 aliphatic rings. The molecule has 112 valence electrons. The first-order valence-electron chi connectivity index (χ1n) is 5.88. The number of amides is 1. The topological polar surface area (TPSA) is 55.6 Å². The third-order valence-electron chi connectivity index (χ3n) is 2.47. The molecule has 0 bridgehead atoms. The molecule has 1 rings (SSSR count). The predicted octanol–water partition coefficient (Wildman–Crippen LogP) is 2.28. The number of likely N-dealkylation sites (N-methyl/N-ethyl adjacent to an activating group) is 1. The number of nitrogens with two attached hydrogens (primary N) is 1. The largest absolute Gasteiger partial charge is 0.573 e. The number of ether oxygens (including phenoxy) is 1. The Morgan fingerprint density at radius 2 is 1.75 bits per heavy atom. The predicted molar refractivity (Wildman–Crippen MR) is 67.9 cm³/mol. The van der Waals surface area contributed by atoms with E-state index in [9.17, 15) is 18.0 Å². The van der Waals surface area contributed by atoms with Gasteiger partial charge in [0.05, 0.1) is 5.54 Å². The maximum Gasteiger partial charge on any atom is 0.573 e. The molecule has 0 fully saturated rings. The van der Waals surface area contributed by atoms with Gasteiger partial charge < -0.3 is 15.4 Å². The van der Waals surface area contributed by atoms with E-state index in [0.29, 0.717) is 5.56 Å². The lowest BCUT2D eigenvalue weighted by molar-refractivity contribution is -0.274. The molecule has 20 heavy (non-hydrogen) atoms. The molecule has 0 saturated carbocycles. The average molecular weight is 290 g/mol. The van der Waals surface area contributed by atoms with Crippen LogP contribution in [0.4, 0.5) is 13.2 Å². The van der Waals surface area contributed by atoms with E-state index in [4.69, 9.17) is 5.73 Å². The number of carbonyl (C=O) groups excluding carboxylic acids is 1. The lowest BCUT2D eigenvalue weighted by atomic mass is 10.1. The van der Waals surface area contributed by atoms with Crippen molar-refractivity contribution in [1.82, 2.24) is 4.90 Å². The van der Waals surface area contributed by atoms with Crippen molar-refractivity contribution in [3.8, 4) is 5.75 Å². The summed E-state index contributed by atoms with van der Waals surface area (Å²) < 4.78 is 39.8. The van der Waals surface area contributed by atoms with Crippen LogP contribution in [0, 0.1) is 0 Å². The lowest BCUT2D eigenvalue weighted by Crippen LogP contribution is -2.49. The summed E-state index contributed by atoms with van der Waals surface area (Å²) in [5.74, 6) is -0.553. The van der Waals surface area contributed by atoms with Gasteiger partial charge in [-0.25, -0.2) is 0 Å². The highest BCUT2D eigenvalue weighted by molar-refractivity contribution is 5.84. The van der Waals surface area contributed by atoms with E-state index in [1.807, 2.05) is 0 Å². The standard InChI is InChI=1S/C13H17F3N2O2/c1-12(2,17)11(19)18(3)8-9-4-6-10(7-5-9)20-13(14,15)16/h4-7H,8,17H2,1-3H3. The zero-order valence-corrected chi connectivity index (χ0v) is 11.5. The third kappa shape index (κ3) is 5.08. The van der Waals surface area contributed by atoms with E-state index < -0.39 is 11.9 Å². The molecule has 0 aliphatic carbocycles. The second kappa shape index (κ2) is 5.70. The second-order valence-electron chi connectivity index (χ2n) is 5.07. The van der Waals surface area contributed by atoms with Gasteiger partial charge in [0.25, 0.3) is 0 Å². The fourth-order valence-electron chi connectivity index (χ4n) is 1.63. The highest BCUT2D eigenvalue weighted by Gasteiger charge is 2.31. The molecule has 1 aromatic rings. The Bertz CT molecular complexity index is 464. The van der Waals surface area contributed by atoms with Crippen LogP contribution >= 0.6 is 0 Å². The molecule has 7 heteroatoms. The van der Waals surface area contributed by atoms with Crippen molar-refractivity contribution in [3.05, 3.63) is 29.8 Å². The van der Waals surface area contributed by atoms with Gasteiger partial charge in [0, 0.05) is 13.6 Å². The van der Waals surface area contributed by atoms with Gasteiger partial charge >= 0.3 is 6.36 Å². The van der Waals surface area contributed by atoms with Gasteiger partial charge in [-0.1, -0.05) is 12.1 Å². The fourth-order valence-corrected chi connectivity index (χ4v) is 1.63. The molecule has 0 saturated heterocycles. The van der Waals surface area contributed by atoms with Crippen molar-refractivity contribution >= 4 is 5.91 Å². The minimum Gasteiger partial charge on any atom is -0.406 e. The van der Waals surface area contributed by atoms with Crippen LogP contribution in [0.15, 0.2) is 24.3 Å². The maximum absolute atomic E-state index is 12.0. The van der Waals surface area contributed by atoms with Crippen molar-refractivity contribution in [2.75, 3.05) is 7.05 Å². The quantitative estimate of drug-likeness (QED) is 0.925. The number of rotatable bonds is 4. The first kappa shape index (κ1) is 16.3. The van der Waals surface area contributed by atoms with E-state index in [1.54, 1.807) is 20.9 Å². The number of hydrogen-bond acceptors (Lipinski definition) is 3. The number of halogens is 3. The second-order valence-corrected chi connectivity index (χ2v) is 5.07. The Kier molecular flexibility index (Phi) is 4.65. The van der Waals surface area contributed by atoms with E-state index in [-0.39, 0.29) is 18.2 Å². The van der Waals surface area contributed by atoms with Crippen LogP contribution in [0.2, 0.25) is 0 Å². The number of carbonyl (C=O) groups is 1. The minimum absolute atomic E-state index is 0.256. The molecule has 0 heterocycles. The minimum atomic E-state index is -4.71. The van der Waals surface area contributed by atoms with Crippen LogP contribution in [-0.4, -0.2) is 29.8 Å². The van der Waals surface area contributed by atoms with Gasteiger partial charge in [-0.3, -0.25) is 4.79 Å². The van der Waals surface area contributed by atoms with Gasteiger partial charge in [0.15, 0.2) is 0 Å². The first-order valence-corrected chi connectivity index (χ1v) is 5.88. The van der Waals surface area contributed by atoms with Gasteiger partial charge in [0.2, 0.25) is 5.91 Å². The van der Waals surface area contributed by atoms with Crippen LogP contribution in [0.5, 0.6) is 5.75 Å². The maximum atomic E-state index is 12.0. The van der Waals surface area contributed by atoms with Crippen LogP contribution < -0.4 is 10.5 Å². The first-order chi connectivity index (χ1) is 8.99. The zero-order chi connectivity index (χ0) is 15.6. The molecule has 0 aliphatic heterocycles. The van der Waals surface area contributed by atoms with Crippen LogP contribution in [0.3, 0.4) is 0 Å². The van der Waals surface area contributed by atoms with Crippen LogP contribution in [-0.2, 0) is 11.3 Å². The molecule has 0 atom stereocenters. The van der Waals surface area contributed by atoms with E-state index >= 15 is 0 Å². The Morgan fingerprint density at radius 1 is 1.25 bits per heavy atom. The smallest absolute Gasteiger partial charge is 0.406 e. The molecule has 0 aromatic heterocycles. The number of benzene rings is 1. The van der Waals surface area contributed by atoms with E-state index in [1.165, 1.54) is 29.2 Å². The Hall–Kier alpha value is -1.76. The average Bonchev–Trinajstić information content (AvgIpc) is 2.27. The van der Waals surface area contributed by atoms with Crippen molar-refractivity contribution < 1.29 is 22.7 Å². The van der Waals surface area contributed by atoms with Crippen molar-refractivity contribution in [2.45, 2.75) is 32.3 Å². The van der Waals surface area contributed by atoms with E-state index in [0.717, 1.165) is 0 Å². The fraction of sp³-hybridized carbons (Fsp3) is 0.462. The summed E-state index contributed by atoms with van der Waals surface area (Å²) in [7, 11) is 1.58. The molecule has 0 unspecified atom stereocenters. The van der Waals surface area contributed by atoms with Gasteiger partial charge in [0.1, 0.15) is 5.75 Å². The van der Waals surface area contributed by atoms with Crippen LogP contribution in [0.1, 0.15) is 19.4 Å². The molecule has 2 N–H and O–H groups in total. The van der Waals surface area contributed by atoms with Crippen molar-refractivity contribution in [2.24, 2.45) is 5.73 Å². The molecule has 0 spiro atoms.